The van der Waals surface area contributed by atoms with Gasteiger partial charge < -0.3 is 5.73 Å². The number of rotatable bonds is 4. The highest BCUT2D eigenvalue weighted by molar-refractivity contribution is 5.07. The van der Waals surface area contributed by atoms with E-state index >= 15 is 0 Å². The van der Waals surface area contributed by atoms with Gasteiger partial charge in [0.15, 0.2) is 0 Å². The van der Waals surface area contributed by atoms with E-state index in [1.165, 1.54) is 37.8 Å². The Hall–Kier alpha value is -0.900. The van der Waals surface area contributed by atoms with Crippen molar-refractivity contribution in [2.45, 2.75) is 44.9 Å². The van der Waals surface area contributed by atoms with E-state index in [1.807, 2.05) is 17.9 Å². The summed E-state index contributed by atoms with van der Waals surface area (Å²) in [5.41, 5.74) is 7.18. The molecule has 0 saturated heterocycles. The molecule has 0 spiro atoms. The van der Waals surface area contributed by atoms with Crippen LogP contribution in [0.25, 0.3) is 0 Å². The van der Waals surface area contributed by atoms with Crippen LogP contribution in [0.4, 0.5) is 0 Å². The maximum absolute atomic E-state index is 5.92. The van der Waals surface area contributed by atoms with Crippen LogP contribution in [0, 0.1) is 11.8 Å². The van der Waals surface area contributed by atoms with Crippen LogP contribution in [-0.2, 0) is 7.05 Å². The van der Waals surface area contributed by atoms with Crippen molar-refractivity contribution in [3.63, 3.8) is 0 Å². The third-order valence-corrected chi connectivity index (χ3v) is 4.23. The summed E-state index contributed by atoms with van der Waals surface area (Å²) in [7, 11) is 1.99. The Balaban J connectivity index is 2.13. The SMILES string of the molecule is CCCC1CCC(CN)C(c2cnnn2C)C1. The van der Waals surface area contributed by atoms with Gasteiger partial charge in [0, 0.05) is 13.0 Å². The first-order chi connectivity index (χ1) is 8.26. The molecule has 0 bridgehead atoms. The number of aromatic nitrogens is 3. The van der Waals surface area contributed by atoms with Crippen LogP contribution in [0.1, 0.15) is 50.6 Å². The van der Waals surface area contributed by atoms with Crippen molar-refractivity contribution >= 4 is 0 Å². The van der Waals surface area contributed by atoms with Crippen LogP contribution in [0.2, 0.25) is 0 Å². The van der Waals surface area contributed by atoms with Crippen LogP contribution in [0.15, 0.2) is 6.20 Å². The van der Waals surface area contributed by atoms with E-state index in [2.05, 4.69) is 17.2 Å². The number of aryl methyl sites for hydroxylation is 1. The first kappa shape index (κ1) is 12.6. The lowest BCUT2D eigenvalue weighted by Gasteiger charge is -2.35. The number of nitrogens with zero attached hydrogens (tertiary/aromatic N) is 3. The van der Waals surface area contributed by atoms with E-state index in [4.69, 9.17) is 5.73 Å². The fraction of sp³-hybridized carbons (Fsp3) is 0.846. The summed E-state index contributed by atoms with van der Waals surface area (Å²) in [4.78, 5) is 0. The van der Waals surface area contributed by atoms with Crippen LogP contribution >= 0.6 is 0 Å². The molecule has 0 aromatic carbocycles. The lowest BCUT2D eigenvalue weighted by molar-refractivity contribution is 0.223. The Kier molecular flexibility index (Phi) is 4.15. The van der Waals surface area contributed by atoms with Gasteiger partial charge in [-0.1, -0.05) is 31.4 Å². The average Bonchev–Trinajstić information content (AvgIpc) is 2.76. The van der Waals surface area contributed by atoms with Crippen molar-refractivity contribution in [2.75, 3.05) is 6.54 Å². The van der Waals surface area contributed by atoms with Gasteiger partial charge in [0.25, 0.3) is 0 Å². The smallest absolute Gasteiger partial charge is 0.0728 e. The Labute approximate surface area is 104 Å². The third-order valence-electron chi connectivity index (χ3n) is 4.23. The molecule has 4 nitrogen and oxygen atoms in total. The van der Waals surface area contributed by atoms with Gasteiger partial charge in [-0.25, -0.2) is 0 Å². The lowest BCUT2D eigenvalue weighted by Crippen LogP contribution is -2.30. The highest BCUT2D eigenvalue weighted by Crippen LogP contribution is 2.41. The summed E-state index contributed by atoms with van der Waals surface area (Å²) in [6.07, 6.45) is 8.42. The van der Waals surface area contributed by atoms with Gasteiger partial charge in [-0.05, 0) is 31.2 Å². The van der Waals surface area contributed by atoms with E-state index in [9.17, 15) is 0 Å². The fourth-order valence-corrected chi connectivity index (χ4v) is 3.27. The van der Waals surface area contributed by atoms with Crippen molar-refractivity contribution in [1.82, 2.24) is 15.0 Å². The van der Waals surface area contributed by atoms with Crippen molar-refractivity contribution < 1.29 is 0 Å². The first-order valence-electron chi connectivity index (χ1n) is 6.80. The highest BCUT2D eigenvalue weighted by atomic mass is 15.4. The van der Waals surface area contributed by atoms with Gasteiger partial charge >= 0.3 is 0 Å². The standard InChI is InChI=1S/C13H24N4/c1-3-4-10-5-6-11(8-14)12(7-10)13-9-15-16-17(13)2/h9-12H,3-8,14H2,1-2H3. The molecule has 1 aromatic rings. The molecule has 1 saturated carbocycles. The molecule has 1 heterocycles. The van der Waals surface area contributed by atoms with Crippen molar-refractivity contribution in [2.24, 2.45) is 24.6 Å². The number of hydrogen-bond acceptors (Lipinski definition) is 3. The molecule has 1 aliphatic carbocycles. The van der Waals surface area contributed by atoms with Crippen LogP contribution < -0.4 is 5.73 Å². The molecule has 4 heteroatoms. The molecule has 17 heavy (non-hydrogen) atoms. The second-order valence-electron chi connectivity index (χ2n) is 5.35. The van der Waals surface area contributed by atoms with Crippen molar-refractivity contribution in [3.05, 3.63) is 11.9 Å². The van der Waals surface area contributed by atoms with E-state index in [0.29, 0.717) is 11.8 Å². The molecule has 3 atom stereocenters. The van der Waals surface area contributed by atoms with E-state index in [0.717, 1.165) is 12.5 Å². The molecule has 1 fully saturated rings. The number of nitrogens with two attached hydrogens (primary N) is 1. The zero-order valence-electron chi connectivity index (χ0n) is 11.0. The van der Waals surface area contributed by atoms with Gasteiger partial charge in [0.05, 0.1) is 11.9 Å². The van der Waals surface area contributed by atoms with Gasteiger partial charge in [0.1, 0.15) is 0 Å². The quantitative estimate of drug-likeness (QED) is 0.870. The molecule has 0 radical (unpaired) electrons. The molecule has 1 aliphatic rings. The molecule has 0 aliphatic heterocycles. The minimum Gasteiger partial charge on any atom is -0.330 e. The van der Waals surface area contributed by atoms with Gasteiger partial charge in [-0.2, -0.15) is 0 Å². The largest absolute Gasteiger partial charge is 0.330 e. The molecule has 2 rings (SSSR count). The predicted octanol–water partition coefficient (Wildman–Crippen LogP) is 2.07. The summed E-state index contributed by atoms with van der Waals surface area (Å²) in [5.74, 6) is 2.04. The molecular formula is C13H24N4. The van der Waals surface area contributed by atoms with Gasteiger partial charge in [0.2, 0.25) is 0 Å². The summed E-state index contributed by atoms with van der Waals surface area (Å²) in [6.45, 7) is 3.06. The topological polar surface area (TPSA) is 56.7 Å². The van der Waals surface area contributed by atoms with Gasteiger partial charge in [-0.15, -0.1) is 5.10 Å². The minimum atomic E-state index is 0.560. The average molecular weight is 236 g/mol. The Morgan fingerprint density at radius 3 is 2.88 bits per heavy atom. The summed E-state index contributed by atoms with van der Waals surface area (Å²) < 4.78 is 1.92. The third kappa shape index (κ3) is 2.68. The van der Waals surface area contributed by atoms with E-state index < -0.39 is 0 Å². The predicted molar refractivity (Wildman–Crippen MR) is 68.5 cm³/mol. The van der Waals surface area contributed by atoms with E-state index in [-0.39, 0.29) is 0 Å². The minimum absolute atomic E-state index is 0.560. The van der Waals surface area contributed by atoms with Crippen LogP contribution in [0.5, 0.6) is 0 Å². The van der Waals surface area contributed by atoms with E-state index in [1.54, 1.807) is 0 Å². The lowest BCUT2D eigenvalue weighted by atomic mass is 9.71. The maximum Gasteiger partial charge on any atom is 0.0728 e. The summed E-state index contributed by atoms with van der Waals surface area (Å²) in [6, 6.07) is 0. The summed E-state index contributed by atoms with van der Waals surface area (Å²) >= 11 is 0. The Bertz CT molecular complexity index is 347. The first-order valence-corrected chi connectivity index (χ1v) is 6.80. The zero-order chi connectivity index (χ0) is 12.3. The zero-order valence-corrected chi connectivity index (χ0v) is 11.0. The fourth-order valence-electron chi connectivity index (χ4n) is 3.27. The highest BCUT2D eigenvalue weighted by Gasteiger charge is 2.32. The van der Waals surface area contributed by atoms with Gasteiger partial charge in [-0.3, -0.25) is 4.68 Å². The van der Waals surface area contributed by atoms with Crippen molar-refractivity contribution in [1.29, 1.82) is 0 Å². The second kappa shape index (κ2) is 5.63. The molecule has 1 aromatic heterocycles. The van der Waals surface area contributed by atoms with Crippen molar-refractivity contribution in [3.8, 4) is 0 Å². The normalized spacial score (nSPS) is 29.5. The molecule has 96 valence electrons. The molecular weight excluding hydrogens is 212 g/mol. The van der Waals surface area contributed by atoms with Crippen LogP contribution in [-0.4, -0.2) is 21.5 Å². The monoisotopic (exact) mass is 236 g/mol. The second-order valence-corrected chi connectivity index (χ2v) is 5.35. The van der Waals surface area contributed by atoms with Crippen LogP contribution in [0.3, 0.4) is 0 Å². The number of hydrogen-bond donors (Lipinski definition) is 1. The molecule has 2 N–H and O–H groups in total. The summed E-state index contributed by atoms with van der Waals surface area (Å²) in [5, 5.41) is 8.07. The molecule has 0 amide bonds. The molecule has 3 unspecified atom stereocenters. The Morgan fingerprint density at radius 1 is 1.47 bits per heavy atom. The maximum atomic E-state index is 5.92. The Morgan fingerprint density at radius 2 is 2.29 bits per heavy atom.